The molecular weight excluding hydrogens is 396 g/mol. The standard InChI is InChI=1S/C17H23ClN2O.C4H4O4/c1-17(9-10-19(2)3)16-12(8-11-21-17)15-13(18)6-5-7-14(15)20(16)4;5-3(6)1-2-4(7)8/h5-7H,8-11H2,1-4H3;1-2H,(H,5,6)(H,7,8)/b;2-1-. The van der Waals surface area contributed by atoms with Crippen molar-refractivity contribution in [1.82, 2.24) is 9.47 Å². The maximum Gasteiger partial charge on any atom is 0.328 e. The summed E-state index contributed by atoms with van der Waals surface area (Å²) < 4.78 is 8.47. The van der Waals surface area contributed by atoms with Crippen LogP contribution >= 0.6 is 11.6 Å². The van der Waals surface area contributed by atoms with Crippen molar-refractivity contribution in [3.63, 3.8) is 0 Å². The quantitative estimate of drug-likeness (QED) is 0.718. The second-order valence-corrected chi connectivity index (χ2v) is 7.82. The summed E-state index contributed by atoms with van der Waals surface area (Å²) in [6, 6.07) is 6.15. The second kappa shape index (κ2) is 9.43. The minimum atomic E-state index is -1.26. The summed E-state index contributed by atoms with van der Waals surface area (Å²) in [4.78, 5) is 21.3. The molecule has 3 rings (SSSR count). The number of carboxylic acids is 2. The Bertz CT molecular complexity index is 919. The molecule has 0 aliphatic carbocycles. The van der Waals surface area contributed by atoms with E-state index in [1.165, 1.54) is 22.2 Å². The van der Waals surface area contributed by atoms with E-state index in [0.717, 1.165) is 31.0 Å². The minimum absolute atomic E-state index is 0.241. The second-order valence-electron chi connectivity index (χ2n) is 7.41. The number of ether oxygens (including phenoxy) is 1. The van der Waals surface area contributed by atoms with E-state index in [1.807, 2.05) is 12.1 Å². The molecule has 0 saturated heterocycles. The van der Waals surface area contributed by atoms with E-state index in [2.05, 4.69) is 43.6 Å². The van der Waals surface area contributed by atoms with Crippen LogP contribution in [0.15, 0.2) is 30.4 Å². The molecule has 1 atom stereocenters. The summed E-state index contributed by atoms with van der Waals surface area (Å²) in [5.74, 6) is -2.51. The topological polar surface area (TPSA) is 92.0 Å². The Morgan fingerprint density at radius 2 is 1.90 bits per heavy atom. The third kappa shape index (κ3) is 5.38. The number of carboxylic acid groups (broad SMARTS) is 2. The van der Waals surface area contributed by atoms with Crippen molar-refractivity contribution in [1.29, 1.82) is 0 Å². The van der Waals surface area contributed by atoms with Gasteiger partial charge in [0.05, 0.1) is 17.3 Å². The van der Waals surface area contributed by atoms with Crippen molar-refractivity contribution in [2.24, 2.45) is 7.05 Å². The average Bonchev–Trinajstić information content (AvgIpc) is 2.94. The van der Waals surface area contributed by atoms with Crippen LogP contribution in [-0.2, 0) is 33.4 Å². The highest BCUT2D eigenvalue weighted by Crippen LogP contribution is 2.42. The van der Waals surface area contributed by atoms with Gasteiger partial charge < -0.3 is 24.4 Å². The summed E-state index contributed by atoms with van der Waals surface area (Å²) in [6.07, 6.45) is 3.04. The molecule has 8 heteroatoms. The number of aliphatic carboxylic acids is 2. The number of fused-ring (bicyclic) bond motifs is 3. The Morgan fingerprint density at radius 3 is 2.45 bits per heavy atom. The lowest BCUT2D eigenvalue weighted by Gasteiger charge is -2.36. The Hall–Kier alpha value is -2.35. The average molecular weight is 423 g/mol. The molecule has 1 aliphatic rings. The lowest BCUT2D eigenvalue weighted by atomic mass is 9.89. The lowest BCUT2D eigenvalue weighted by molar-refractivity contribution is -0.134. The van der Waals surface area contributed by atoms with Crippen molar-refractivity contribution in [2.45, 2.75) is 25.4 Å². The van der Waals surface area contributed by atoms with E-state index in [4.69, 9.17) is 26.6 Å². The number of aromatic nitrogens is 1. The minimum Gasteiger partial charge on any atom is -0.478 e. The zero-order valence-electron chi connectivity index (χ0n) is 17.1. The van der Waals surface area contributed by atoms with Crippen LogP contribution in [-0.4, -0.2) is 58.9 Å². The van der Waals surface area contributed by atoms with Crippen molar-refractivity contribution in [3.8, 4) is 0 Å². The first-order valence-corrected chi connectivity index (χ1v) is 9.63. The monoisotopic (exact) mass is 422 g/mol. The predicted molar refractivity (Wildman–Crippen MR) is 113 cm³/mol. The predicted octanol–water partition coefficient (Wildman–Crippen LogP) is 3.28. The van der Waals surface area contributed by atoms with Crippen LogP contribution in [0.25, 0.3) is 10.9 Å². The van der Waals surface area contributed by atoms with Gasteiger partial charge in [0, 0.05) is 36.6 Å². The highest BCUT2D eigenvalue weighted by atomic mass is 35.5. The molecule has 0 radical (unpaired) electrons. The Balaban J connectivity index is 0.000000321. The van der Waals surface area contributed by atoms with Crippen LogP contribution in [0.3, 0.4) is 0 Å². The summed E-state index contributed by atoms with van der Waals surface area (Å²) in [6.45, 7) is 3.98. The summed E-state index contributed by atoms with van der Waals surface area (Å²) in [5.41, 5.74) is 3.62. The van der Waals surface area contributed by atoms with Crippen molar-refractivity contribution < 1.29 is 24.5 Å². The van der Waals surface area contributed by atoms with Crippen LogP contribution < -0.4 is 0 Å². The molecule has 7 nitrogen and oxygen atoms in total. The summed E-state index contributed by atoms with van der Waals surface area (Å²) in [7, 11) is 6.33. The Labute approximate surface area is 175 Å². The first-order valence-electron chi connectivity index (χ1n) is 9.25. The molecule has 2 heterocycles. The van der Waals surface area contributed by atoms with Crippen LogP contribution in [0, 0.1) is 0 Å². The lowest BCUT2D eigenvalue weighted by Crippen LogP contribution is -2.37. The van der Waals surface area contributed by atoms with Gasteiger partial charge in [-0.1, -0.05) is 17.7 Å². The van der Waals surface area contributed by atoms with Crippen LogP contribution in [0.4, 0.5) is 0 Å². The van der Waals surface area contributed by atoms with Gasteiger partial charge in [0.25, 0.3) is 0 Å². The molecule has 0 fully saturated rings. The fraction of sp³-hybridized carbons (Fsp3) is 0.429. The number of hydrogen-bond acceptors (Lipinski definition) is 4. The molecule has 29 heavy (non-hydrogen) atoms. The van der Waals surface area contributed by atoms with Crippen LogP contribution in [0.2, 0.25) is 5.02 Å². The van der Waals surface area contributed by atoms with E-state index in [9.17, 15) is 9.59 Å². The smallest absolute Gasteiger partial charge is 0.328 e. The zero-order valence-corrected chi connectivity index (χ0v) is 17.9. The number of hydrogen-bond donors (Lipinski definition) is 2. The summed E-state index contributed by atoms with van der Waals surface area (Å²) in [5, 5.41) is 17.7. The number of nitrogens with zero attached hydrogens (tertiary/aromatic N) is 2. The van der Waals surface area contributed by atoms with E-state index >= 15 is 0 Å². The first kappa shape index (κ1) is 22.9. The highest BCUT2D eigenvalue weighted by molar-refractivity contribution is 6.35. The van der Waals surface area contributed by atoms with Crippen LogP contribution in [0.1, 0.15) is 24.6 Å². The molecule has 0 amide bonds. The normalized spacial score (nSPS) is 18.6. The number of carbonyl (C=O) groups is 2. The van der Waals surface area contributed by atoms with E-state index in [-0.39, 0.29) is 5.60 Å². The molecule has 0 bridgehead atoms. The van der Waals surface area contributed by atoms with Gasteiger partial charge in [-0.25, -0.2) is 9.59 Å². The number of rotatable bonds is 5. The molecule has 1 aliphatic heterocycles. The third-order valence-corrected chi connectivity index (χ3v) is 5.27. The van der Waals surface area contributed by atoms with Gasteiger partial charge in [0.15, 0.2) is 0 Å². The van der Waals surface area contributed by atoms with Gasteiger partial charge in [-0.2, -0.15) is 0 Å². The Kier molecular flexibility index (Phi) is 7.46. The first-order chi connectivity index (χ1) is 13.6. The molecule has 1 aromatic carbocycles. The molecule has 1 unspecified atom stereocenters. The molecule has 2 aromatic rings. The fourth-order valence-electron chi connectivity index (χ4n) is 3.67. The van der Waals surface area contributed by atoms with Gasteiger partial charge >= 0.3 is 11.9 Å². The van der Waals surface area contributed by atoms with Gasteiger partial charge in [-0.3, -0.25) is 0 Å². The number of halogens is 1. The number of aryl methyl sites for hydroxylation is 1. The molecule has 1 aromatic heterocycles. The van der Waals surface area contributed by atoms with Crippen molar-refractivity contribution >= 4 is 34.4 Å². The molecule has 0 spiro atoms. The van der Waals surface area contributed by atoms with Crippen molar-refractivity contribution in [3.05, 3.63) is 46.6 Å². The van der Waals surface area contributed by atoms with Gasteiger partial charge in [0.2, 0.25) is 0 Å². The van der Waals surface area contributed by atoms with Gasteiger partial charge in [0.1, 0.15) is 5.60 Å². The molecule has 0 saturated carbocycles. The zero-order chi connectivity index (χ0) is 21.8. The Morgan fingerprint density at radius 1 is 1.28 bits per heavy atom. The highest BCUT2D eigenvalue weighted by Gasteiger charge is 2.37. The maximum absolute atomic E-state index is 9.55. The van der Waals surface area contributed by atoms with Crippen LogP contribution in [0.5, 0.6) is 0 Å². The molecule has 2 N–H and O–H groups in total. The maximum atomic E-state index is 9.55. The molecular formula is C21H27ClN2O5. The molecule has 158 valence electrons. The summed E-state index contributed by atoms with van der Waals surface area (Å²) >= 11 is 6.47. The third-order valence-electron chi connectivity index (χ3n) is 4.95. The van der Waals surface area contributed by atoms with Gasteiger partial charge in [-0.05, 0) is 51.6 Å². The van der Waals surface area contributed by atoms with E-state index in [1.54, 1.807) is 0 Å². The van der Waals surface area contributed by atoms with Crippen molar-refractivity contribution in [2.75, 3.05) is 27.2 Å². The number of benzene rings is 1. The van der Waals surface area contributed by atoms with E-state index < -0.39 is 11.9 Å². The van der Waals surface area contributed by atoms with Gasteiger partial charge in [-0.15, -0.1) is 0 Å². The fourth-order valence-corrected chi connectivity index (χ4v) is 3.95. The SMILES string of the molecule is CN(C)CCC1(C)OCCc2c1n(C)c1cccc(Cl)c21.O=C(O)/C=C\C(=O)O. The van der Waals surface area contributed by atoms with E-state index in [0.29, 0.717) is 12.2 Å². The largest absolute Gasteiger partial charge is 0.478 e.